The van der Waals surface area contributed by atoms with E-state index in [-0.39, 0.29) is 5.91 Å². The number of anilines is 1. The first-order chi connectivity index (χ1) is 9.61. The summed E-state index contributed by atoms with van der Waals surface area (Å²) in [5.41, 5.74) is 0.550. The van der Waals surface area contributed by atoms with E-state index in [9.17, 15) is 4.79 Å². The number of nitrogens with zero attached hydrogens (tertiary/aromatic N) is 2. The van der Waals surface area contributed by atoms with Crippen LogP contribution in [-0.4, -0.2) is 35.4 Å². The van der Waals surface area contributed by atoms with Crippen LogP contribution in [0.4, 0.5) is 5.82 Å². The molecule has 0 saturated carbocycles. The number of nitrogens with one attached hydrogen (secondary N) is 1. The molecule has 1 amide bonds. The smallest absolute Gasteiger partial charge is 0.255 e. The molecule has 1 aromatic rings. The first kappa shape index (κ1) is 15.1. The summed E-state index contributed by atoms with van der Waals surface area (Å²) >= 11 is 6.14. The van der Waals surface area contributed by atoms with Gasteiger partial charge in [0.05, 0.1) is 10.6 Å². The third-order valence-corrected chi connectivity index (χ3v) is 3.89. The van der Waals surface area contributed by atoms with Gasteiger partial charge < -0.3 is 10.2 Å². The molecule has 0 aliphatic carbocycles. The molecule has 1 aromatic heterocycles. The summed E-state index contributed by atoms with van der Waals surface area (Å²) in [6.07, 6.45) is 4.82. The predicted octanol–water partition coefficient (Wildman–Crippen LogP) is 3.43. The Morgan fingerprint density at radius 3 is 3.10 bits per heavy atom. The summed E-state index contributed by atoms with van der Waals surface area (Å²) in [5.74, 6) is 1.29. The van der Waals surface area contributed by atoms with Crippen LogP contribution in [0, 0.1) is 5.92 Å². The van der Waals surface area contributed by atoms with E-state index in [4.69, 9.17) is 11.6 Å². The van der Waals surface area contributed by atoms with E-state index in [0.29, 0.717) is 22.3 Å². The fourth-order valence-corrected chi connectivity index (χ4v) is 2.68. The van der Waals surface area contributed by atoms with Crippen molar-refractivity contribution in [2.24, 2.45) is 5.92 Å². The molecule has 0 radical (unpaired) electrons. The van der Waals surface area contributed by atoms with Gasteiger partial charge in [0.2, 0.25) is 0 Å². The molecule has 4 nitrogen and oxygen atoms in total. The highest BCUT2D eigenvalue weighted by molar-refractivity contribution is 6.33. The summed E-state index contributed by atoms with van der Waals surface area (Å²) in [7, 11) is 0. The van der Waals surface area contributed by atoms with Gasteiger partial charge in [-0.3, -0.25) is 4.79 Å². The number of hydrogen-bond acceptors (Lipinski definition) is 3. The van der Waals surface area contributed by atoms with Crippen LogP contribution in [0.1, 0.15) is 43.5 Å². The molecule has 2 heterocycles. The summed E-state index contributed by atoms with van der Waals surface area (Å²) in [5, 5.41) is 3.61. The van der Waals surface area contributed by atoms with Crippen LogP contribution in [0.5, 0.6) is 0 Å². The highest BCUT2D eigenvalue weighted by Crippen LogP contribution is 2.23. The van der Waals surface area contributed by atoms with Crippen LogP contribution in [0.2, 0.25) is 5.02 Å². The fourth-order valence-electron chi connectivity index (χ4n) is 2.50. The Balaban J connectivity index is 2.15. The van der Waals surface area contributed by atoms with Crippen LogP contribution in [0.25, 0.3) is 0 Å². The highest BCUT2D eigenvalue weighted by Gasteiger charge is 2.24. The Morgan fingerprint density at radius 1 is 1.60 bits per heavy atom. The Kier molecular flexibility index (Phi) is 5.24. The second-order valence-electron chi connectivity index (χ2n) is 5.47. The zero-order valence-electron chi connectivity index (χ0n) is 12.2. The van der Waals surface area contributed by atoms with Gasteiger partial charge in [-0.2, -0.15) is 0 Å². The maximum atomic E-state index is 12.6. The number of halogens is 1. The molecule has 0 bridgehead atoms. The molecule has 1 aliphatic heterocycles. The lowest BCUT2D eigenvalue weighted by atomic mass is 9.99. The average Bonchev–Trinajstić information content (AvgIpc) is 2.45. The van der Waals surface area contributed by atoms with E-state index >= 15 is 0 Å². The fraction of sp³-hybridized carbons (Fsp3) is 0.600. The lowest BCUT2D eigenvalue weighted by Gasteiger charge is -2.31. The zero-order valence-corrected chi connectivity index (χ0v) is 12.9. The SMILES string of the molecule is CCCNc1cc(C(=O)N2CCCC(C)C2)c(Cl)cn1. The summed E-state index contributed by atoms with van der Waals surface area (Å²) in [6.45, 7) is 6.74. The first-order valence-corrected chi connectivity index (χ1v) is 7.68. The number of hydrogen-bond donors (Lipinski definition) is 1. The molecule has 110 valence electrons. The monoisotopic (exact) mass is 295 g/mol. The van der Waals surface area contributed by atoms with Crippen molar-refractivity contribution in [3.8, 4) is 0 Å². The topological polar surface area (TPSA) is 45.2 Å². The van der Waals surface area contributed by atoms with Gasteiger partial charge in [-0.1, -0.05) is 25.4 Å². The number of carbonyl (C=O) groups is 1. The molecular formula is C15H22ClN3O. The Morgan fingerprint density at radius 2 is 2.40 bits per heavy atom. The lowest BCUT2D eigenvalue weighted by molar-refractivity contribution is 0.0683. The van der Waals surface area contributed by atoms with E-state index in [1.807, 2.05) is 4.90 Å². The molecule has 0 aromatic carbocycles. The Hall–Kier alpha value is -1.29. The quantitative estimate of drug-likeness (QED) is 0.925. The zero-order chi connectivity index (χ0) is 14.5. The summed E-state index contributed by atoms with van der Waals surface area (Å²) in [6, 6.07) is 1.76. The van der Waals surface area contributed by atoms with E-state index < -0.39 is 0 Å². The molecule has 0 spiro atoms. The van der Waals surface area contributed by atoms with Crippen LogP contribution in [0.3, 0.4) is 0 Å². The Labute approximate surface area is 125 Å². The van der Waals surface area contributed by atoms with Crippen molar-refractivity contribution in [3.05, 3.63) is 22.8 Å². The van der Waals surface area contributed by atoms with Crippen molar-refractivity contribution >= 4 is 23.3 Å². The molecule has 5 heteroatoms. The molecule has 1 fully saturated rings. The van der Waals surface area contributed by atoms with Crippen molar-refractivity contribution in [2.75, 3.05) is 25.0 Å². The van der Waals surface area contributed by atoms with Crippen molar-refractivity contribution in [1.82, 2.24) is 9.88 Å². The molecule has 2 rings (SSSR count). The van der Waals surface area contributed by atoms with Crippen LogP contribution < -0.4 is 5.32 Å². The van der Waals surface area contributed by atoms with Crippen molar-refractivity contribution in [3.63, 3.8) is 0 Å². The normalized spacial score (nSPS) is 18.9. The average molecular weight is 296 g/mol. The second-order valence-corrected chi connectivity index (χ2v) is 5.88. The van der Waals surface area contributed by atoms with Crippen molar-refractivity contribution in [1.29, 1.82) is 0 Å². The van der Waals surface area contributed by atoms with Crippen molar-refractivity contribution < 1.29 is 4.79 Å². The third kappa shape index (κ3) is 3.63. The van der Waals surface area contributed by atoms with Gasteiger partial charge in [0, 0.05) is 25.8 Å². The van der Waals surface area contributed by atoms with Crippen molar-refractivity contribution in [2.45, 2.75) is 33.1 Å². The molecule has 1 N–H and O–H groups in total. The van der Waals surface area contributed by atoms with Gasteiger partial charge >= 0.3 is 0 Å². The molecular weight excluding hydrogens is 274 g/mol. The van der Waals surface area contributed by atoms with Gasteiger partial charge in [-0.15, -0.1) is 0 Å². The largest absolute Gasteiger partial charge is 0.370 e. The predicted molar refractivity (Wildman–Crippen MR) is 82.3 cm³/mol. The van der Waals surface area contributed by atoms with Gasteiger partial charge in [-0.25, -0.2) is 4.98 Å². The number of amides is 1. The Bertz CT molecular complexity index is 478. The standard InChI is InChI=1S/C15H22ClN3O/c1-3-6-17-14-8-12(13(16)9-18-14)15(20)19-7-4-5-11(2)10-19/h8-9,11H,3-7,10H2,1-2H3,(H,17,18). The summed E-state index contributed by atoms with van der Waals surface area (Å²) in [4.78, 5) is 18.7. The minimum atomic E-state index is 0.0171. The number of pyridine rings is 1. The number of likely N-dealkylation sites (tertiary alicyclic amines) is 1. The lowest BCUT2D eigenvalue weighted by Crippen LogP contribution is -2.39. The molecule has 1 unspecified atom stereocenters. The molecule has 1 aliphatic rings. The maximum Gasteiger partial charge on any atom is 0.255 e. The molecule has 20 heavy (non-hydrogen) atoms. The third-order valence-electron chi connectivity index (χ3n) is 3.59. The van der Waals surface area contributed by atoms with Gasteiger partial charge in [0.1, 0.15) is 5.82 Å². The number of carbonyl (C=O) groups excluding carboxylic acids is 1. The number of aromatic nitrogens is 1. The molecule has 1 saturated heterocycles. The highest BCUT2D eigenvalue weighted by atomic mass is 35.5. The second kappa shape index (κ2) is 6.93. The minimum absolute atomic E-state index is 0.0171. The van der Waals surface area contributed by atoms with E-state index in [2.05, 4.69) is 24.1 Å². The number of piperidine rings is 1. The molecule has 1 atom stereocenters. The van der Waals surface area contributed by atoms with Gasteiger partial charge in [0.15, 0.2) is 0 Å². The van der Waals surface area contributed by atoms with Gasteiger partial charge in [-0.05, 0) is 31.2 Å². The van der Waals surface area contributed by atoms with E-state index in [1.54, 1.807) is 12.3 Å². The number of rotatable bonds is 4. The van der Waals surface area contributed by atoms with Crippen LogP contribution in [0.15, 0.2) is 12.3 Å². The maximum absolute atomic E-state index is 12.6. The van der Waals surface area contributed by atoms with E-state index in [1.165, 1.54) is 6.42 Å². The van der Waals surface area contributed by atoms with Gasteiger partial charge in [0.25, 0.3) is 5.91 Å². The first-order valence-electron chi connectivity index (χ1n) is 7.30. The van der Waals surface area contributed by atoms with Crippen LogP contribution in [-0.2, 0) is 0 Å². The minimum Gasteiger partial charge on any atom is -0.370 e. The van der Waals surface area contributed by atoms with Crippen LogP contribution >= 0.6 is 11.6 Å². The van der Waals surface area contributed by atoms with E-state index in [0.717, 1.165) is 32.5 Å². The summed E-state index contributed by atoms with van der Waals surface area (Å²) < 4.78 is 0.